The molecule has 17 heavy (non-hydrogen) atoms. The van der Waals surface area contributed by atoms with Crippen molar-refractivity contribution in [2.75, 3.05) is 46.7 Å². The van der Waals surface area contributed by atoms with E-state index >= 15 is 0 Å². The molecule has 0 radical (unpaired) electrons. The minimum atomic E-state index is 0.104. The van der Waals surface area contributed by atoms with Crippen molar-refractivity contribution in [2.45, 2.75) is 26.2 Å². The van der Waals surface area contributed by atoms with Gasteiger partial charge in [0.15, 0.2) is 0 Å². The van der Waals surface area contributed by atoms with Crippen LogP contribution in [0.2, 0.25) is 0 Å². The molecule has 0 aromatic heterocycles. The zero-order valence-corrected chi connectivity index (χ0v) is 11.0. The summed E-state index contributed by atoms with van der Waals surface area (Å²) in [6, 6.07) is 0. The van der Waals surface area contributed by atoms with E-state index in [9.17, 15) is 4.79 Å². The van der Waals surface area contributed by atoms with Crippen molar-refractivity contribution in [3.63, 3.8) is 0 Å². The summed E-state index contributed by atoms with van der Waals surface area (Å²) in [4.78, 5) is 11.2. The lowest BCUT2D eigenvalue weighted by Crippen LogP contribution is -2.27. The molecule has 0 rings (SSSR count). The first-order valence-electron chi connectivity index (χ1n) is 6.22. The van der Waals surface area contributed by atoms with Gasteiger partial charge in [-0.15, -0.1) is 0 Å². The SMILES string of the molecule is CCCCC(=O)NCCOCCOCCOC. The van der Waals surface area contributed by atoms with Crippen LogP contribution in [0.5, 0.6) is 0 Å². The second-order valence-corrected chi connectivity index (χ2v) is 3.67. The quantitative estimate of drug-likeness (QED) is 0.522. The molecule has 0 heterocycles. The number of ether oxygens (including phenoxy) is 3. The Morgan fingerprint density at radius 2 is 1.71 bits per heavy atom. The Balaban J connectivity index is 3.05. The maximum Gasteiger partial charge on any atom is 0.220 e. The predicted molar refractivity (Wildman–Crippen MR) is 66.0 cm³/mol. The first-order chi connectivity index (χ1) is 8.31. The molecule has 0 atom stereocenters. The molecule has 0 fully saturated rings. The van der Waals surface area contributed by atoms with Gasteiger partial charge in [-0.05, 0) is 6.42 Å². The Bertz CT molecular complexity index is 176. The fourth-order valence-corrected chi connectivity index (χ4v) is 1.15. The van der Waals surface area contributed by atoms with Gasteiger partial charge in [0, 0.05) is 20.1 Å². The largest absolute Gasteiger partial charge is 0.382 e. The molecule has 0 saturated carbocycles. The first kappa shape index (κ1) is 16.4. The van der Waals surface area contributed by atoms with Crippen LogP contribution in [0.15, 0.2) is 0 Å². The summed E-state index contributed by atoms with van der Waals surface area (Å²) in [7, 11) is 1.64. The zero-order valence-electron chi connectivity index (χ0n) is 11.0. The maximum absolute atomic E-state index is 11.2. The average Bonchev–Trinajstić information content (AvgIpc) is 2.34. The van der Waals surface area contributed by atoms with Gasteiger partial charge in [0.2, 0.25) is 5.91 Å². The first-order valence-corrected chi connectivity index (χ1v) is 6.22. The zero-order chi connectivity index (χ0) is 12.8. The second kappa shape index (κ2) is 13.4. The normalized spacial score (nSPS) is 10.5. The minimum absolute atomic E-state index is 0.104. The molecule has 0 aliphatic rings. The van der Waals surface area contributed by atoms with Crippen LogP contribution in [0.1, 0.15) is 26.2 Å². The minimum Gasteiger partial charge on any atom is -0.382 e. The van der Waals surface area contributed by atoms with Crippen molar-refractivity contribution in [2.24, 2.45) is 0 Å². The molecule has 102 valence electrons. The van der Waals surface area contributed by atoms with Crippen LogP contribution in [-0.2, 0) is 19.0 Å². The highest BCUT2D eigenvalue weighted by molar-refractivity contribution is 5.75. The van der Waals surface area contributed by atoms with Crippen LogP contribution in [0.3, 0.4) is 0 Å². The Morgan fingerprint density at radius 1 is 1.06 bits per heavy atom. The van der Waals surface area contributed by atoms with Crippen LogP contribution in [0, 0.1) is 0 Å². The summed E-state index contributed by atoms with van der Waals surface area (Å²) in [5, 5.41) is 2.80. The Kier molecular flexibility index (Phi) is 12.9. The van der Waals surface area contributed by atoms with Crippen molar-refractivity contribution in [3.05, 3.63) is 0 Å². The molecule has 0 unspecified atom stereocenters. The van der Waals surface area contributed by atoms with Gasteiger partial charge in [-0.2, -0.15) is 0 Å². The van der Waals surface area contributed by atoms with E-state index in [0.29, 0.717) is 46.0 Å². The molecule has 5 heteroatoms. The van der Waals surface area contributed by atoms with Crippen molar-refractivity contribution in [1.82, 2.24) is 5.32 Å². The lowest BCUT2D eigenvalue weighted by atomic mass is 10.2. The van der Waals surface area contributed by atoms with Gasteiger partial charge in [0.1, 0.15) is 0 Å². The van der Waals surface area contributed by atoms with Crippen LogP contribution in [0.4, 0.5) is 0 Å². The van der Waals surface area contributed by atoms with E-state index in [-0.39, 0.29) is 5.91 Å². The predicted octanol–water partition coefficient (Wildman–Crippen LogP) is 0.972. The lowest BCUT2D eigenvalue weighted by Gasteiger charge is -2.06. The molecule has 0 aliphatic heterocycles. The number of hydrogen-bond acceptors (Lipinski definition) is 4. The Hall–Kier alpha value is -0.650. The van der Waals surface area contributed by atoms with Crippen molar-refractivity contribution in [1.29, 1.82) is 0 Å². The fourth-order valence-electron chi connectivity index (χ4n) is 1.15. The number of carbonyl (C=O) groups excluding carboxylic acids is 1. The van der Waals surface area contributed by atoms with Gasteiger partial charge in [-0.3, -0.25) is 4.79 Å². The number of hydrogen-bond donors (Lipinski definition) is 1. The molecule has 0 aliphatic carbocycles. The van der Waals surface area contributed by atoms with E-state index in [1.54, 1.807) is 7.11 Å². The van der Waals surface area contributed by atoms with E-state index in [4.69, 9.17) is 14.2 Å². The Morgan fingerprint density at radius 3 is 2.35 bits per heavy atom. The number of carbonyl (C=O) groups is 1. The van der Waals surface area contributed by atoms with E-state index in [2.05, 4.69) is 12.2 Å². The van der Waals surface area contributed by atoms with Gasteiger partial charge < -0.3 is 19.5 Å². The molecule has 5 nitrogen and oxygen atoms in total. The monoisotopic (exact) mass is 247 g/mol. The molecule has 0 saturated heterocycles. The van der Waals surface area contributed by atoms with Crippen LogP contribution in [0.25, 0.3) is 0 Å². The lowest BCUT2D eigenvalue weighted by molar-refractivity contribution is -0.121. The molecule has 0 spiro atoms. The summed E-state index contributed by atoms with van der Waals surface area (Å²) in [6.07, 6.45) is 2.60. The van der Waals surface area contributed by atoms with Gasteiger partial charge in [-0.1, -0.05) is 13.3 Å². The summed E-state index contributed by atoms with van der Waals surface area (Å²) in [5.41, 5.74) is 0. The van der Waals surface area contributed by atoms with Crippen molar-refractivity contribution >= 4 is 5.91 Å². The third-order valence-corrected chi connectivity index (χ3v) is 2.13. The summed E-state index contributed by atoms with van der Waals surface area (Å²) in [5.74, 6) is 0.104. The van der Waals surface area contributed by atoms with Crippen molar-refractivity contribution in [3.8, 4) is 0 Å². The van der Waals surface area contributed by atoms with E-state index in [0.717, 1.165) is 12.8 Å². The second-order valence-electron chi connectivity index (χ2n) is 3.67. The summed E-state index contributed by atoms with van der Waals surface area (Å²) < 4.78 is 15.3. The topological polar surface area (TPSA) is 56.8 Å². The number of methoxy groups -OCH3 is 1. The third kappa shape index (κ3) is 13.3. The van der Waals surface area contributed by atoms with Gasteiger partial charge in [0.25, 0.3) is 0 Å². The smallest absolute Gasteiger partial charge is 0.220 e. The van der Waals surface area contributed by atoms with Gasteiger partial charge in [0.05, 0.1) is 33.0 Å². The number of amides is 1. The molecular formula is C12H25NO4. The van der Waals surface area contributed by atoms with Crippen molar-refractivity contribution < 1.29 is 19.0 Å². The maximum atomic E-state index is 11.2. The third-order valence-electron chi connectivity index (χ3n) is 2.13. The van der Waals surface area contributed by atoms with Crippen LogP contribution >= 0.6 is 0 Å². The molecule has 1 N–H and O–H groups in total. The fraction of sp³-hybridized carbons (Fsp3) is 0.917. The van der Waals surface area contributed by atoms with E-state index in [1.165, 1.54) is 0 Å². The van der Waals surface area contributed by atoms with Crippen LogP contribution in [-0.4, -0.2) is 52.6 Å². The van der Waals surface area contributed by atoms with E-state index < -0.39 is 0 Å². The van der Waals surface area contributed by atoms with Gasteiger partial charge >= 0.3 is 0 Å². The summed E-state index contributed by atoms with van der Waals surface area (Å²) in [6.45, 7) is 5.48. The van der Waals surface area contributed by atoms with Gasteiger partial charge in [-0.25, -0.2) is 0 Å². The number of nitrogens with one attached hydrogen (secondary N) is 1. The summed E-state index contributed by atoms with van der Waals surface area (Å²) >= 11 is 0. The molecule has 0 aromatic carbocycles. The number of unbranched alkanes of at least 4 members (excludes halogenated alkanes) is 1. The highest BCUT2D eigenvalue weighted by Gasteiger charge is 1.98. The highest BCUT2D eigenvalue weighted by Crippen LogP contribution is 1.92. The Labute approximate surface area is 104 Å². The highest BCUT2D eigenvalue weighted by atomic mass is 16.5. The molecule has 1 amide bonds. The number of rotatable bonds is 12. The standard InChI is InChI=1S/C12H25NO4/c1-3-4-5-12(14)13-6-7-16-10-11-17-9-8-15-2/h3-11H2,1-2H3,(H,13,14). The molecule has 0 aromatic rings. The molecular weight excluding hydrogens is 222 g/mol. The average molecular weight is 247 g/mol. The van der Waals surface area contributed by atoms with Crippen LogP contribution < -0.4 is 5.32 Å². The molecule has 0 bridgehead atoms. The van der Waals surface area contributed by atoms with E-state index in [1.807, 2.05) is 0 Å².